The molecule has 6 nitrogen and oxygen atoms in total. The lowest BCUT2D eigenvalue weighted by Gasteiger charge is -2.15. The van der Waals surface area contributed by atoms with Crippen molar-refractivity contribution < 1.29 is 14.7 Å². The van der Waals surface area contributed by atoms with E-state index >= 15 is 0 Å². The molecule has 1 atom stereocenters. The molecule has 0 saturated carbocycles. The lowest BCUT2D eigenvalue weighted by atomic mass is 9.95. The molecule has 0 spiro atoms. The summed E-state index contributed by atoms with van der Waals surface area (Å²) < 4.78 is 1.96. The number of rotatable bonds is 6. The molecule has 2 amide bonds. The van der Waals surface area contributed by atoms with Crippen LogP contribution in [0.3, 0.4) is 0 Å². The maximum absolute atomic E-state index is 12.7. The number of nitrogens with zero attached hydrogens (tertiary/aromatic N) is 1. The van der Waals surface area contributed by atoms with Crippen LogP contribution in [0, 0.1) is 0 Å². The van der Waals surface area contributed by atoms with Gasteiger partial charge in [0.15, 0.2) is 0 Å². The summed E-state index contributed by atoms with van der Waals surface area (Å²) in [5.41, 5.74) is 4.03. The van der Waals surface area contributed by atoms with Gasteiger partial charge in [-0.15, -0.1) is 0 Å². The summed E-state index contributed by atoms with van der Waals surface area (Å²) in [6.45, 7) is 2.08. The van der Waals surface area contributed by atoms with Crippen molar-refractivity contribution in [2.24, 2.45) is 7.05 Å². The summed E-state index contributed by atoms with van der Waals surface area (Å²) in [5.74, 6) is -0.771. The largest absolute Gasteiger partial charge is 0.396 e. The summed E-state index contributed by atoms with van der Waals surface area (Å²) in [6.07, 6.45) is 2.51. The number of benzene rings is 2. The Kier molecular flexibility index (Phi) is 4.94. The molecule has 3 N–H and O–H groups in total. The minimum absolute atomic E-state index is 0.0841. The molecule has 0 saturated heterocycles. The molecule has 3 aromatic rings. The monoisotopic (exact) mass is 389 g/mol. The van der Waals surface area contributed by atoms with E-state index in [1.54, 1.807) is 0 Å². The van der Waals surface area contributed by atoms with Crippen molar-refractivity contribution in [1.82, 2.24) is 9.88 Å². The number of carbonyl (C=O) groups excluding carboxylic acids is 2. The Morgan fingerprint density at radius 3 is 2.62 bits per heavy atom. The van der Waals surface area contributed by atoms with Crippen molar-refractivity contribution >= 4 is 39.6 Å². The first-order valence-electron chi connectivity index (χ1n) is 9.62. The maximum atomic E-state index is 12.7. The number of para-hydroxylation sites is 1. The van der Waals surface area contributed by atoms with Gasteiger partial charge in [-0.1, -0.05) is 30.3 Å². The number of anilines is 1. The summed E-state index contributed by atoms with van der Waals surface area (Å²) >= 11 is 0. The van der Waals surface area contributed by atoms with E-state index < -0.39 is 5.91 Å². The number of nitrogens with one attached hydrogen (secondary N) is 2. The SMILES string of the molecule is CC(CCO)Nc1cccc(C2=C(c3cn(C)c4ccccc34)C(=O)NC2=O)c1. The van der Waals surface area contributed by atoms with Crippen LogP contribution in [0.5, 0.6) is 0 Å². The standard InChI is InChI=1S/C23H23N3O3/c1-14(10-11-27)24-16-7-5-6-15(12-16)20-21(23(29)25-22(20)28)18-13-26(2)19-9-4-3-8-17(18)19/h3-9,12-14,24,27H,10-11H2,1-2H3,(H,25,28,29). The number of aliphatic hydroxyl groups excluding tert-OH is 1. The van der Waals surface area contributed by atoms with Gasteiger partial charge in [-0.3, -0.25) is 14.9 Å². The molecule has 1 aliphatic heterocycles. The van der Waals surface area contributed by atoms with Gasteiger partial charge < -0.3 is 15.0 Å². The maximum Gasteiger partial charge on any atom is 0.259 e. The third kappa shape index (κ3) is 3.43. The van der Waals surface area contributed by atoms with Gasteiger partial charge >= 0.3 is 0 Å². The van der Waals surface area contributed by atoms with Gasteiger partial charge in [-0.05, 0) is 37.1 Å². The number of hydrogen-bond donors (Lipinski definition) is 3. The highest BCUT2D eigenvalue weighted by molar-refractivity contribution is 6.50. The van der Waals surface area contributed by atoms with Crippen molar-refractivity contribution in [3.8, 4) is 0 Å². The van der Waals surface area contributed by atoms with Crippen LogP contribution in [0.4, 0.5) is 5.69 Å². The number of hydrogen-bond acceptors (Lipinski definition) is 4. The highest BCUT2D eigenvalue weighted by atomic mass is 16.3. The Labute approximate surface area is 168 Å². The molecule has 29 heavy (non-hydrogen) atoms. The molecule has 2 heterocycles. The number of aromatic nitrogens is 1. The third-order valence-electron chi connectivity index (χ3n) is 5.22. The Morgan fingerprint density at radius 2 is 1.83 bits per heavy atom. The molecule has 1 aliphatic rings. The van der Waals surface area contributed by atoms with E-state index in [9.17, 15) is 9.59 Å². The average Bonchev–Trinajstić information content (AvgIpc) is 3.18. The first-order chi connectivity index (χ1) is 14.0. The van der Waals surface area contributed by atoms with Gasteiger partial charge in [0, 0.05) is 48.0 Å². The predicted octanol–water partition coefficient (Wildman–Crippen LogP) is 2.93. The fourth-order valence-electron chi connectivity index (χ4n) is 3.84. The molecule has 0 aliphatic carbocycles. The molecular formula is C23H23N3O3. The zero-order valence-corrected chi connectivity index (χ0v) is 16.4. The van der Waals surface area contributed by atoms with E-state index in [0.717, 1.165) is 22.2 Å². The van der Waals surface area contributed by atoms with E-state index in [2.05, 4.69) is 10.6 Å². The first kappa shape index (κ1) is 19.0. The van der Waals surface area contributed by atoms with Gasteiger partial charge in [0.2, 0.25) is 0 Å². The number of carbonyl (C=O) groups is 2. The van der Waals surface area contributed by atoms with Gasteiger partial charge in [-0.2, -0.15) is 0 Å². The summed E-state index contributed by atoms with van der Waals surface area (Å²) in [4.78, 5) is 25.4. The van der Waals surface area contributed by atoms with E-state index in [4.69, 9.17) is 5.11 Å². The van der Waals surface area contributed by atoms with Crippen LogP contribution < -0.4 is 10.6 Å². The van der Waals surface area contributed by atoms with Crippen molar-refractivity contribution in [3.05, 3.63) is 65.9 Å². The van der Waals surface area contributed by atoms with Crippen LogP contribution >= 0.6 is 0 Å². The lowest BCUT2D eigenvalue weighted by molar-refractivity contribution is -0.122. The minimum atomic E-state index is -0.390. The second-order valence-electron chi connectivity index (χ2n) is 7.34. The van der Waals surface area contributed by atoms with E-state index in [0.29, 0.717) is 23.1 Å². The molecule has 0 radical (unpaired) electrons. The van der Waals surface area contributed by atoms with Crippen LogP contribution in [-0.4, -0.2) is 34.1 Å². The fraction of sp³-hybridized carbons (Fsp3) is 0.217. The van der Waals surface area contributed by atoms with Crippen molar-refractivity contribution in [3.63, 3.8) is 0 Å². The van der Waals surface area contributed by atoms with Crippen molar-refractivity contribution in [1.29, 1.82) is 0 Å². The van der Waals surface area contributed by atoms with Crippen LogP contribution in [0.15, 0.2) is 54.7 Å². The highest BCUT2D eigenvalue weighted by Gasteiger charge is 2.33. The molecule has 0 fully saturated rings. The van der Waals surface area contributed by atoms with Gasteiger partial charge in [0.25, 0.3) is 11.8 Å². The van der Waals surface area contributed by atoms with E-state index in [1.807, 2.05) is 73.3 Å². The molecule has 0 bridgehead atoms. The molecule has 1 aromatic heterocycles. The Hall–Kier alpha value is -3.38. The van der Waals surface area contributed by atoms with Gasteiger partial charge in [-0.25, -0.2) is 0 Å². The predicted molar refractivity (Wildman–Crippen MR) is 114 cm³/mol. The molecule has 4 rings (SSSR count). The number of imide groups is 1. The number of aliphatic hydroxyl groups is 1. The van der Waals surface area contributed by atoms with Crippen LogP contribution in [0.2, 0.25) is 0 Å². The summed E-state index contributed by atoms with van der Waals surface area (Å²) in [6, 6.07) is 15.4. The normalized spacial score (nSPS) is 15.1. The molecule has 1 unspecified atom stereocenters. The minimum Gasteiger partial charge on any atom is -0.396 e. The summed E-state index contributed by atoms with van der Waals surface area (Å²) in [5, 5.41) is 15.8. The fourth-order valence-corrected chi connectivity index (χ4v) is 3.84. The van der Waals surface area contributed by atoms with Gasteiger partial charge in [0.05, 0.1) is 11.1 Å². The first-order valence-corrected chi connectivity index (χ1v) is 9.62. The molecule has 2 aromatic carbocycles. The smallest absolute Gasteiger partial charge is 0.259 e. The zero-order valence-electron chi connectivity index (χ0n) is 16.4. The van der Waals surface area contributed by atoms with Gasteiger partial charge in [0.1, 0.15) is 0 Å². The van der Waals surface area contributed by atoms with Crippen molar-refractivity contribution in [2.75, 3.05) is 11.9 Å². The molecule has 6 heteroatoms. The Morgan fingerprint density at radius 1 is 1.07 bits per heavy atom. The molecule has 148 valence electrons. The average molecular weight is 389 g/mol. The van der Waals surface area contributed by atoms with Crippen LogP contribution in [-0.2, 0) is 16.6 Å². The number of amides is 2. The van der Waals surface area contributed by atoms with Crippen LogP contribution in [0.25, 0.3) is 22.0 Å². The second-order valence-corrected chi connectivity index (χ2v) is 7.34. The topological polar surface area (TPSA) is 83.4 Å². The van der Waals surface area contributed by atoms with E-state index in [-0.39, 0.29) is 18.6 Å². The Balaban J connectivity index is 1.85. The number of fused-ring (bicyclic) bond motifs is 1. The lowest BCUT2D eigenvalue weighted by Crippen LogP contribution is -2.22. The Bertz CT molecular complexity index is 1140. The quantitative estimate of drug-likeness (QED) is 0.566. The number of aryl methyl sites for hydroxylation is 1. The van der Waals surface area contributed by atoms with E-state index in [1.165, 1.54) is 0 Å². The second kappa shape index (κ2) is 7.56. The summed E-state index contributed by atoms with van der Waals surface area (Å²) in [7, 11) is 1.92. The van der Waals surface area contributed by atoms with Crippen molar-refractivity contribution in [2.45, 2.75) is 19.4 Å². The van der Waals surface area contributed by atoms with Crippen LogP contribution in [0.1, 0.15) is 24.5 Å². The highest BCUT2D eigenvalue weighted by Crippen LogP contribution is 2.36. The zero-order chi connectivity index (χ0) is 20.5. The molecular weight excluding hydrogens is 366 g/mol. The third-order valence-corrected chi connectivity index (χ3v) is 5.22.